The third-order valence-electron chi connectivity index (χ3n) is 4.75. The average molecular weight is 249 g/mol. The number of likely N-dealkylation sites (tertiary alicyclic amines) is 1. The van der Waals surface area contributed by atoms with Crippen molar-refractivity contribution in [2.75, 3.05) is 19.6 Å². The molecule has 1 saturated carbocycles. The number of hydrogen-bond donors (Lipinski definition) is 1. The van der Waals surface area contributed by atoms with Crippen molar-refractivity contribution in [1.29, 1.82) is 0 Å². The van der Waals surface area contributed by atoms with Crippen LogP contribution in [0.15, 0.2) is 18.7 Å². The molecule has 3 rings (SSSR count). The van der Waals surface area contributed by atoms with E-state index >= 15 is 0 Å². The summed E-state index contributed by atoms with van der Waals surface area (Å²) in [4.78, 5) is 6.57. The number of rotatable bonds is 3. The minimum absolute atomic E-state index is 0.343. The zero-order valence-corrected chi connectivity index (χ0v) is 11.0. The zero-order chi connectivity index (χ0) is 12.4. The van der Waals surface area contributed by atoms with Gasteiger partial charge in [0.2, 0.25) is 0 Å². The van der Waals surface area contributed by atoms with Crippen LogP contribution in [0.4, 0.5) is 0 Å². The molecule has 2 aliphatic rings. The quantitative estimate of drug-likeness (QED) is 0.883. The molecule has 4 nitrogen and oxygen atoms in total. The highest BCUT2D eigenvalue weighted by Crippen LogP contribution is 2.39. The molecular formula is C14H23N3O. The Bertz CT molecular complexity index is 378. The Morgan fingerprint density at radius 3 is 3.06 bits per heavy atom. The fourth-order valence-corrected chi connectivity index (χ4v) is 3.52. The summed E-state index contributed by atoms with van der Waals surface area (Å²) < 4.78 is 2.13. The maximum absolute atomic E-state index is 10.6. The number of hydrogen-bond acceptors (Lipinski definition) is 3. The van der Waals surface area contributed by atoms with E-state index in [1.54, 1.807) is 0 Å². The number of fused-ring (bicyclic) bond motifs is 1. The van der Waals surface area contributed by atoms with Crippen LogP contribution in [0.2, 0.25) is 0 Å². The Balaban J connectivity index is 1.54. The summed E-state index contributed by atoms with van der Waals surface area (Å²) in [6.07, 6.45) is 11.4. The monoisotopic (exact) mass is 249 g/mol. The lowest BCUT2D eigenvalue weighted by Crippen LogP contribution is -2.53. The molecule has 0 spiro atoms. The molecule has 100 valence electrons. The third kappa shape index (κ3) is 2.45. The number of imidazole rings is 1. The van der Waals surface area contributed by atoms with Crippen LogP contribution < -0.4 is 0 Å². The van der Waals surface area contributed by atoms with Gasteiger partial charge in [0, 0.05) is 44.5 Å². The molecule has 1 saturated heterocycles. The topological polar surface area (TPSA) is 41.3 Å². The first-order valence-electron chi connectivity index (χ1n) is 7.17. The van der Waals surface area contributed by atoms with Crippen LogP contribution in [0.1, 0.15) is 32.1 Å². The van der Waals surface area contributed by atoms with Crippen LogP contribution in [0, 0.1) is 5.92 Å². The van der Waals surface area contributed by atoms with Gasteiger partial charge in [-0.25, -0.2) is 4.98 Å². The summed E-state index contributed by atoms with van der Waals surface area (Å²) in [6.45, 7) is 4.20. The van der Waals surface area contributed by atoms with Crippen LogP contribution >= 0.6 is 0 Å². The van der Waals surface area contributed by atoms with E-state index in [2.05, 4.69) is 14.5 Å². The van der Waals surface area contributed by atoms with E-state index in [1.165, 1.54) is 19.3 Å². The van der Waals surface area contributed by atoms with E-state index < -0.39 is 0 Å². The van der Waals surface area contributed by atoms with E-state index in [1.807, 2.05) is 18.7 Å². The van der Waals surface area contributed by atoms with Crippen LogP contribution in [-0.2, 0) is 6.54 Å². The smallest absolute Gasteiger partial charge is 0.0946 e. The predicted octanol–water partition coefficient (Wildman–Crippen LogP) is 1.51. The summed E-state index contributed by atoms with van der Waals surface area (Å²) in [7, 11) is 0. The van der Waals surface area contributed by atoms with Gasteiger partial charge >= 0.3 is 0 Å². The van der Waals surface area contributed by atoms with Crippen LogP contribution in [0.3, 0.4) is 0 Å². The second-order valence-corrected chi connectivity index (χ2v) is 5.90. The second-order valence-electron chi connectivity index (χ2n) is 5.90. The van der Waals surface area contributed by atoms with Crippen molar-refractivity contribution in [1.82, 2.24) is 14.5 Å². The lowest BCUT2D eigenvalue weighted by molar-refractivity contribution is -0.0955. The fourth-order valence-electron chi connectivity index (χ4n) is 3.52. The van der Waals surface area contributed by atoms with Gasteiger partial charge in [0.15, 0.2) is 0 Å². The van der Waals surface area contributed by atoms with Gasteiger partial charge < -0.3 is 14.6 Å². The van der Waals surface area contributed by atoms with Gasteiger partial charge in [-0.15, -0.1) is 0 Å². The molecule has 0 amide bonds. The van der Waals surface area contributed by atoms with Crippen molar-refractivity contribution in [3.8, 4) is 0 Å². The molecule has 18 heavy (non-hydrogen) atoms. The second kappa shape index (κ2) is 5.02. The predicted molar refractivity (Wildman–Crippen MR) is 70.2 cm³/mol. The van der Waals surface area contributed by atoms with E-state index in [-0.39, 0.29) is 5.60 Å². The van der Waals surface area contributed by atoms with E-state index in [0.717, 1.165) is 39.0 Å². The van der Waals surface area contributed by atoms with Gasteiger partial charge in [-0.1, -0.05) is 12.8 Å². The standard InChI is InChI=1S/C14H23N3O/c18-14-4-2-1-3-13(14)11-16(7-5-14)9-10-17-8-6-15-12-17/h6,8,12-13,18H,1-5,7,9-11H2. The average Bonchev–Trinajstić information content (AvgIpc) is 2.89. The van der Waals surface area contributed by atoms with Crippen LogP contribution in [0.5, 0.6) is 0 Å². The molecule has 4 heteroatoms. The first kappa shape index (κ1) is 12.2. The summed E-state index contributed by atoms with van der Waals surface area (Å²) in [5.74, 6) is 0.503. The number of piperidine rings is 1. The Labute approximate surface area is 109 Å². The molecule has 0 radical (unpaired) electrons. The van der Waals surface area contributed by atoms with Crippen LogP contribution in [-0.4, -0.2) is 44.8 Å². The minimum atomic E-state index is -0.343. The van der Waals surface area contributed by atoms with E-state index in [4.69, 9.17) is 0 Å². The fraction of sp³-hybridized carbons (Fsp3) is 0.786. The highest BCUT2D eigenvalue weighted by atomic mass is 16.3. The summed E-state index contributed by atoms with van der Waals surface area (Å²) in [5, 5.41) is 10.6. The molecule has 0 bridgehead atoms. The van der Waals surface area contributed by atoms with Gasteiger partial charge in [0.25, 0.3) is 0 Å². The number of aromatic nitrogens is 2. The molecule has 1 aliphatic carbocycles. The normalized spacial score (nSPS) is 33.3. The van der Waals surface area contributed by atoms with Gasteiger partial charge in [0.1, 0.15) is 0 Å². The van der Waals surface area contributed by atoms with Gasteiger partial charge in [-0.2, -0.15) is 0 Å². The molecule has 0 aromatic carbocycles. The van der Waals surface area contributed by atoms with Crippen molar-refractivity contribution in [3.63, 3.8) is 0 Å². The molecule has 2 fully saturated rings. The molecule has 1 aliphatic heterocycles. The molecule has 1 aromatic heterocycles. The molecule has 1 N–H and O–H groups in total. The zero-order valence-electron chi connectivity index (χ0n) is 11.0. The summed E-state index contributed by atoms with van der Waals surface area (Å²) in [6, 6.07) is 0. The number of nitrogens with zero attached hydrogens (tertiary/aromatic N) is 3. The number of aliphatic hydroxyl groups is 1. The Morgan fingerprint density at radius 1 is 1.28 bits per heavy atom. The Hall–Kier alpha value is -0.870. The van der Waals surface area contributed by atoms with Gasteiger partial charge in [0.05, 0.1) is 11.9 Å². The van der Waals surface area contributed by atoms with Gasteiger partial charge in [-0.3, -0.25) is 0 Å². The van der Waals surface area contributed by atoms with Crippen molar-refractivity contribution in [2.45, 2.75) is 44.2 Å². The highest BCUT2D eigenvalue weighted by Gasteiger charge is 2.42. The first-order valence-corrected chi connectivity index (χ1v) is 7.17. The van der Waals surface area contributed by atoms with E-state index in [9.17, 15) is 5.11 Å². The SMILES string of the molecule is OC12CCCCC1CN(CCn1ccnc1)CC2. The first-order chi connectivity index (χ1) is 8.76. The van der Waals surface area contributed by atoms with Crippen molar-refractivity contribution >= 4 is 0 Å². The summed E-state index contributed by atoms with van der Waals surface area (Å²) in [5.41, 5.74) is -0.343. The van der Waals surface area contributed by atoms with Crippen LogP contribution in [0.25, 0.3) is 0 Å². The van der Waals surface area contributed by atoms with E-state index in [0.29, 0.717) is 5.92 Å². The summed E-state index contributed by atoms with van der Waals surface area (Å²) >= 11 is 0. The third-order valence-corrected chi connectivity index (χ3v) is 4.75. The molecule has 1 aromatic rings. The van der Waals surface area contributed by atoms with Crippen molar-refractivity contribution in [2.24, 2.45) is 5.92 Å². The molecule has 2 heterocycles. The largest absolute Gasteiger partial charge is 0.390 e. The molecule has 2 atom stereocenters. The lowest BCUT2D eigenvalue weighted by atomic mass is 9.71. The van der Waals surface area contributed by atoms with Crippen molar-refractivity contribution in [3.05, 3.63) is 18.7 Å². The molecular weight excluding hydrogens is 226 g/mol. The minimum Gasteiger partial charge on any atom is -0.390 e. The Morgan fingerprint density at radius 2 is 2.22 bits per heavy atom. The van der Waals surface area contributed by atoms with Gasteiger partial charge in [-0.05, 0) is 19.3 Å². The van der Waals surface area contributed by atoms with Crippen molar-refractivity contribution < 1.29 is 5.11 Å². The maximum atomic E-state index is 10.6. The lowest BCUT2D eigenvalue weighted by Gasteiger charge is -2.47. The maximum Gasteiger partial charge on any atom is 0.0946 e. The highest BCUT2D eigenvalue weighted by molar-refractivity contribution is 4.95. The Kier molecular flexibility index (Phi) is 3.39. The molecule has 2 unspecified atom stereocenters.